The van der Waals surface area contributed by atoms with Crippen LogP contribution in [0, 0.1) is 17.5 Å². The smallest absolute Gasteiger partial charge is 0.279 e. The maximum atomic E-state index is 13.3. The van der Waals surface area contributed by atoms with Crippen LogP contribution in [-0.4, -0.2) is 20.7 Å². The van der Waals surface area contributed by atoms with E-state index in [1.807, 2.05) is 0 Å². The molecule has 0 atom stereocenters. The number of hydrogen-bond acceptors (Lipinski definition) is 4. The standard InChI is InChI=1S/C16H12F3N5O/c1-24-8-13(21-10-3-4-11(18)12(19)6-10)15(23-24)16(25)22-14-5-2-9(17)7-20-14/h2-8,21H,1H3,(H,20,22,25). The monoisotopic (exact) mass is 347 g/mol. The Labute approximate surface area is 140 Å². The molecule has 0 fully saturated rings. The van der Waals surface area contributed by atoms with Crippen LogP contribution in [0.1, 0.15) is 10.5 Å². The van der Waals surface area contributed by atoms with Crippen molar-refractivity contribution in [1.82, 2.24) is 14.8 Å². The number of pyridine rings is 1. The molecule has 0 bridgehead atoms. The number of amides is 1. The first-order chi connectivity index (χ1) is 11.9. The quantitative estimate of drug-likeness (QED) is 0.760. The first-order valence-electron chi connectivity index (χ1n) is 7.11. The second-order valence-electron chi connectivity index (χ2n) is 5.13. The third-order valence-corrected chi connectivity index (χ3v) is 3.21. The summed E-state index contributed by atoms with van der Waals surface area (Å²) in [5.74, 6) is -2.97. The Hall–Kier alpha value is -3.36. The first kappa shape index (κ1) is 16.5. The van der Waals surface area contributed by atoms with Gasteiger partial charge in [0.1, 0.15) is 11.6 Å². The number of carbonyl (C=O) groups is 1. The van der Waals surface area contributed by atoms with Gasteiger partial charge in [0.05, 0.1) is 11.9 Å². The van der Waals surface area contributed by atoms with Gasteiger partial charge in [-0.1, -0.05) is 0 Å². The zero-order valence-electron chi connectivity index (χ0n) is 12.9. The highest BCUT2D eigenvalue weighted by Gasteiger charge is 2.17. The molecule has 0 aliphatic carbocycles. The molecular weight excluding hydrogens is 335 g/mol. The van der Waals surface area contributed by atoms with Crippen molar-refractivity contribution in [3.8, 4) is 0 Å². The number of nitrogens with zero attached hydrogens (tertiary/aromatic N) is 3. The fourth-order valence-electron chi connectivity index (χ4n) is 2.10. The number of aryl methyl sites for hydroxylation is 1. The van der Waals surface area contributed by atoms with Crippen molar-refractivity contribution in [2.45, 2.75) is 0 Å². The van der Waals surface area contributed by atoms with Crippen molar-refractivity contribution in [2.75, 3.05) is 10.6 Å². The Balaban J connectivity index is 1.83. The molecule has 6 nitrogen and oxygen atoms in total. The molecule has 3 aromatic rings. The van der Waals surface area contributed by atoms with Crippen molar-refractivity contribution in [2.24, 2.45) is 7.05 Å². The number of benzene rings is 1. The summed E-state index contributed by atoms with van der Waals surface area (Å²) >= 11 is 0. The lowest BCUT2D eigenvalue weighted by molar-refractivity contribution is 0.102. The van der Waals surface area contributed by atoms with Gasteiger partial charge in [-0.2, -0.15) is 5.10 Å². The Bertz CT molecular complexity index is 924. The van der Waals surface area contributed by atoms with E-state index in [0.29, 0.717) is 0 Å². The van der Waals surface area contributed by atoms with Crippen molar-refractivity contribution in [3.63, 3.8) is 0 Å². The number of anilines is 3. The number of hydrogen-bond donors (Lipinski definition) is 2. The van der Waals surface area contributed by atoms with Crippen molar-refractivity contribution in [1.29, 1.82) is 0 Å². The van der Waals surface area contributed by atoms with Gasteiger partial charge in [0.15, 0.2) is 17.3 Å². The zero-order chi connectivity index (χ0) is 18.0. The van der Waals surface area contributed by atoms with E-state index in [9.17, 15) is 18.0 Å². The van der Waals surface area contributed by atoms with Crippen LogP contribution in [0.25, 0.3) is 0 Å². The average molecular weight is 347 g/mol. The molecule has 0 unspecified atom stereocenters. The topological polar surface area (TPSA) is 71.8 Å². The van der Waals surface area contributed by atoms with E-state index < -0.39 is 23.4 Å². The Morgan fingerprint density at radius 1 is 1.12 bits per heavy atom. The van der Waals surface area contributed by atoms with Gasteiger partial charge in [-0.05, 0) is 24.3 Å². The van der Waals surface area contributed by atoms with Gasteiger partial charge in [-0.25, -0.2) is 18.2 Å². The Morgan fingerprint density at radius 3 is 2.60 bits per heavy atom. The molecule has 0 saturated carbocycles. The first-order valence-corrected chi connectivity index (χ1v) is 7.11. The maximum Gasteiger partial charge on any atom is 0.279 e. The third kappa shape index (κ3) is 3.77. The molecule has 128 valence electrons. The van der Waals surface area contributed by atoms with E-state index in [1.165, 1.54) is 23.0 Å². The number of halogens is 3. The van der Waals surface area contributed by atoms with E-state index >= 15 is 0 Å². The van der Waals surface area contributed by atoms with Gasteiger partial charge in [-0.15, -0.1) is 0 Å². The van der Waals surface area contributed by atoms with Crippen molar-refractivity contribution >= 4 is 23.1 Å². The number of nitrogens with one attached hydrogen (secondary N) is 2. The lowest BCUT2D eigenvalue weighted by Crippen LogP contribution is -2.15. The molecule has 0 spiro atoms. The van der Waals surface area contributed by atoms with Gasteiger partial charge < -0.3 is 10.6 Å². The predicted octanol–water partition coefficient (Wildman–Crippen LogP) is 3.23. The number of aromatic nitrogens is 3. The van der Waals surface area contributed by atoms with E-state index in [0.717, 1.165) is 24.4 Å². The molecule has 1 amide bonds. The zero-order valence-corrected chi connectivity index (χ0v) is 12.9. The lowest BCUT2D eigenvalue weighted by Gasteiger charge is -2.07. The summed E-state index contributed by atoms with van der Waals surface area (Å²) in [7, 11) is 1.60. The van der Waals surface area contributed by atoms with E-state index in [1.54, 1.807) is 7.05 Å². The maximum absolute atomic E-state index is 13.3. The molecule has 2 N–H and O–H groups in total. The molecule has 2 aromatic heterocycles. The highest BCUT2D eigenvalue weighted by Crippen LogP contribution is 2.22. The van der Waals surface area contributed by atoms with Crippen LogP contribution < -0.4 is 10.6 Å². The van der Waals surface area contributed by atoms with Crippen LogP contribution in [0.4, 0.5) is 30.4 Å². The Morgan fingerprint density at radius 2 is 1.92 bits per heavy atom. The van der Waals surface area contributed by atoms with Crippen LogP contribution in [-0.2, 0) is 7.05 Å². The van der Waals surface area contributed by atoms with Crippen molar-refractivity contribution < 1.29 is 18.0 Å². The third-order valence-electron chi connectivity index (χ3n) is 3.21. The predicted molar refractivity (Wildman–Crippen MR) is 85.0 cm³/mol. The summed E-state index contributed by atoms with van der Waals surface area (Å²) in [5, 5.41) is 9.32. The van der Waals surface area contributed by atoms with E-state index in [-0.39, 0.29) is 22.9 Å². The molecule has 1 aromatic carbocycles. The number of carbonyl (C=O) groups excluding carboxylic acids is 1. The van der Waals surface area contributed by atoms with Crippen LogP contribution in [0.5, 0.6) is 0 Å². The van der Waals surface area contributed by atoms with Crippen LogP contribution in [0.15, 0.2) is 42.7 Å². The minimum absolute atomic E-state index is 0.0124. The summed E-state index contributed by atoms with van der Waals surface area (Å²) < 4.78 is 40.6. The molecule has 3 rings (SSSR count). The number of rotatable bonds is 4. The normalized spacial score (nSPS) is 10.6. The molecule has 25 heavy (non-hydrogen) atoms. The Kier molecular flexibility index (Phi) is 4.38. The molecule has 2 heterocycles. The summed E-state index contributed by atoms with van der Waals surface area (Å²) in [6.45, 7) is 0. The summed E-state index contributed by atoms with van der Waals surface area (Å²) in [6.07, 6.45) is 2.47. The summed E-state index contributed by atoms with van der Waals surface area (Å²) in [5.41, 5.74) is 0.548. The van der Waals surface area contributed by atoms with Gasteiger partial charge in [-0.3, -0.25) is 9.48 Å². The average Bonchev–Trinajstić information content (AvgIpc) is 2.94. The minimum Gasteiger partial charge on any atom is -0.352 e. The fraction of sp³-hybridized carbons (Fsp3) is 0.0625. The molecular formula is C16H12F3N5O. The molecule has 9 heteroatoms. The molecule has 0 saturated heterocycles. The van der Waals surface area contributed by atoms with Gasteiger partial charge >= 0.3 is 0 Å². The SMILES string of the molecule is Cn1cc(Nc2ccc(F)c(F)c2)c(C(=O)Nc2ccc(F)cn2)n1. The minimum atomic E-state index is -1.02. The lowest BCUT2D eigenvalue weighted by atomic mass is 10.2. The van der Waals surface area contributed by atoms with E-state index in [2.05, 4.69) is 20.7 Å². The fourth-order valence-corrected chi connectivity index (χ4v) is 2.10. The second-order valence-corrected chi connectivity index (χ2v) is 5.13. The summed E-state index contributed by atoms with van der Waals surface area (Å²) in [6, 6.07) is 5.72. The largest absolute Gasteiger partial charge is 0.352 e. The van der Waals surface area contributed by atoms with Crippen molar-refractivity contribution in [3.05, 3.63) is 65.9 Å². The van der Waals surface area contributed by atoms with Crippen LogP contribution in [0.2, 0.25) is 0 Å². The van der Waals surface area contributed by atoms with Crippen LogP contribution in [0.3, 0.4) is 0 Å². The molecule has 0 aliphatic heterocycles. The van der Waals surface area contributed by atoms with Gasteiger partial charge in [0, 0.05) is 25.0 Å². The highest BCUT2D eigenvalue weighted by molar-refractivity contribution is 6.06. The van der Waals surface area contributed by atoms with E-state index in [4.69, 9.17) is 0 Å². The molecule has 0 radical (unpaired) electrons. The van der Waals surface area contributed by atoms with Gasteiger partial charge in [0.25, 0.3) is 5.91 Å². The summed E-state index contributed by atoms with van der Waals surface area (Å²) in [4.78, 5) is 16.1. The van der Waals surface area contributed by atoms with Gasteiger partial charge in [0.2, 0.25) is 0 Å². The second kappa shape index (κ2) is 6.63. The van der Waals surface area contributed by atoms with Crippen LogP contribution >= 0.6 is 0 Å². The molecule has 0 aliphatic rings. The highest BCUT2D eigenvalue weighted by atomic mass is 19.2.